The van der Waals surface area contributed by atoms with Gasteiger partial charge in [0.25, 0.3) is 5.91 Å². The molecule has 0 aliphatic heterocycles. The zero-order valence-electron chi connectivity index (χ0n) is 25.6. The summed E-state index contributed by atoms with van der Waals surface area (Å²) >= 11 is 0. The summed E-state index contributed by atoms with van der Waals surface area (Å²) in [6.07, 6.45) is 1.65. The van der Waals surface area contributed by atoms with Crippen LogP contribution >= 0.6 is 0 Å². The van der Waals surface area contributed by atoms with Gasteiger partial charge in [-0.15, -0.1) is 0 Å². The van der Waals surface area contributed by atoms with E-state index in [9.17, 15) is 18.3 Å². The Balaban J connectivity index is 1.28. The molecule has 5 rings (SSSR count). The summed E-state index contributed by atoms with van der Waals surface area (Å²) in [5.41, 5.74) is 10.2. The molecule has 0 aliphatic carbocycles. The van der Waals surface area contributed by atoms with Gasteiger partial charge in [-0.1, -0.05) is 78.9 Å². The number of aryl methyl sites for hydroxylation is 1. The second kappa shape index (κ2) is 15.0. The standard InChI is InChI=1S/C37H37N3O5S/c1-27-12-15-31(23-39-27)35(41)25-40(24-29-8-4-2-5-9-29)21-20-28-13-16-32(17-14-28)46(43,44)33-18-19-36(34(22-33)37(38)42)45-26-30-10-6-3-7-11-30/h2-19,22-23,35,41H,20-21,24-26H2,1H3,(H2,38,42)/t35-/m0/s1. The molecule has 46 heavy (non-hydrogen) atoms. The van der Waals surface area contributed by atoms with Crippen LogP contribution in [-0.4, -0.2) is 42.4 Å². The number of pyridine rings is 1. The van der Waals surface area contributed by atoms with Crippen LogP contribution in [0.3, 0.4) is 0 Å². The van der Waals surface area contributed by atoms with Crippen LogP contribution < -0.4 is 10.5 Å². The van der Waals surface area contributed by atoms with E-state index in [-0.39, 0.29) is 27.7 Å². The van der Waals surface area contributed by atoms with E-state index in [1.54, 1.807) is 30.5 Å². The molecule has 3 N–H and O–H groups in total. The van der Waals surface area contributed by atoms with Crippen LogP contribution in [0.2, 0.25) is 0 Å². The van der Waals surface area contributed by atoms with Crippen molar-refractivity contribution in [1.29, 1.82) is 0 Å². The quantitative estimate of drug-likeness (QED) is 0.161. The van der Waals surface area contributed by atoms with E-state index in [0.29, 0.717) is 26.1 Å². The minimum Gasteiger partial charge on any atom is -0.488 e. The highest BCUT2D eigenvalue weighted by molar-refractivity contribution is 7.91. The third-order valence-electron chi connectivity index (χ3n) is 7.71. The van der Waals surface area contributed by atoms with E-state index in [4.69, 9.17) is 10.5 Å². The fourth-order valence-electron chi connectivity index (χ4n) is 5.09. The molecule has 0 aliphatic rings. The Hall–Kier alpha value is -4.83. The van der Waals surface area contributed by atoms with Crippen molar-refractivity contribution in [2.75, 3.05) is 13.1 Å². The predicted molar refractivity (Wildman–Crippen MR) is 177 cm³/mol. The number of primary amides is 1. The largest absolute Gasteiger partial charge is 0.488 e. The molecule has 0 fully saturated rings. The number of aliphatic hydroxyl groups excluding tert-OH is 1. The number of nitrogens with zero attached hydrogens (tertiary/aromatic N) is 2. The highest BCUT2D eigenvalue weighted by Crippen LogP contribution is 2.28. The summed E-state index contributed by atoms with van der Waals surface area (Å²) in [7, 11) is -3.93. The van der Waals surface area contributed by atoms with Gasteiger partial charge < -0.3 is 15.6 Å². The molecule has 1 aromatic heterocycles. The van der Waals surface area contributed by atoms with Crippen LogP contribution in [0.25, 0.3) is 0 Å². The molecule has 9 heteroatoms. The summed E-state index contributed by atoms with van der Waals surface area (Å²) < 4.78 is 32.8. The zero-order chi connectivity index (χ0) is 32.5. The van der Waals surface area contributed by atoms with E-state index in [1.807, 2.05) is 67.6 Å². The Kier molecular flexibility index (Phi) is 10.6. The lowest BCUT2D eigenvalue weighted by Gasteiger charge is -2.25. The highest BCUT2D eigenvalue weighted by Gasteiger charge is 2.22. The number of aromatic nitrogens is 1. The Morgan fingerprint density at radius 2 is 1.50 bits per heavy atom. The van der Waals surface area contributed by atoms with Gasteiger partial charge in [-0.25, -0.2) is 8.42 Å². The number of carbonyl (C=O) groups excluding carboxylic acids is 1. The SMILES string of the molecule is Cc1ccc([C@@H](O)CN(CCc2ccc(S(=O)(=O)c3ccc(OCc4ccccc4)c(C(N)=O)c3)cc2)Cc2ccccc2)cn1. The smallest absolute Gasteiger partial charge is 0.252 e. The normalized spacial score (nSPS) is 12.2. The van der Waals surface area contributed by atoms with Crippen molar-refractivity contribution in [2.24, 2.45) is 5.73 Å². The Morgan fingerprint density at radius 3 is 2.13 bits per heavy atom. The van der Waals surface area contributed by atoms with Gasteiger partial charge >= 0.3 is 0 Å². The van der Waals surface area contributed by atoms with Crippen LogP contribution in [0, 0.1) is 6.92 Å². The van der Waals surface area contributed by atoms with Crippen LogP contribution in [0.5, 0.6) is 5.75 Å². The summed E-state index contributed by atoms with van der Waals surface area (Å²) in [5, 5.41) is 11.0. The first-order chi connectivity index (χ1) is 22.2. The van der Waals surface area contributed by atoms with Crippen molar-refractivity contribution < 1.29 is 23.1 Å². The molecule has 0 unspecified atom stereocenters. The van der Waals surface area contributed by atoms with E-state index >= 15 is 0 Å². The van der Waals surface area contributed by atoms with Crippen LogP contribution in [0.4, 0.5) is 0 Å². The van der Waals surface area contributed by atoms with Crippen LogP contribution in [0.1, 0.15) is 44.4 Å². The van der Waals surface area contributed by atoms with E-state index in [1.165, 1.54) is 18.2 Å². The predicted octanol–water partition coefficient (Wildman–Crippen LogP) is 5.68. The highest BCUT2D eigenvalue weighted by atomic mass is 32.2. The van der Waals surface area contributed by atoms with Gasteiger partial charge in [0, 0.05) is 37.1 Å². The van der Waals surface area contributed by atoms with E-state index in [0.717, 1.165) is 27.9 Å². The summed E-state index contributed by atoms with van der Waals surface area (Å²) in [6.45, 7) is 3.82. The van der Waals surface area contributed by atoms with E-state index in [2.05, 4.69) is 22.0 Å². The van der Waals surface area contributed by atoms with Crippen molar-refractivity contribution in [3.8, 4) is 5.75 Å². The molecule has 0 radical (unpaired) electrons. The van der Waals surface area contributed by atoms with Crippen LogP contribution in [0.15, 0.2) is 131 Å². The molecule has 5 aromatic rings. The molecule has 0 saturated heterocycles. The molecule has 1 amide bonds. The second-order valence-electron chi connectivity index (χ2n) is 11.2. The summed E-state index contributed by atoms with van der Waals surface area (Å²) in [5.74, 6) is -0.561. The fourth-order valence-corrected chi connectivity index (χ4v) is 6.38. The minimum atomic E-state index is -3.93. The maximum absolute atomic E-state index is 13.5. The van der Waals surface area contributed by atoms with Crippen molar-refractivity contribution in [3.63, 3.8) is 0 Å². The second-order valence-corrected chi connectivity index (χ2v) is 13.1. The number of benzene rings is 4. The molecule has 4 aromatic carbocycles. The van der Waals surface area contributed by atoms with Gasteiger partial charge in [-0.3, -0.25) is 14.7 Å². The van der Waals surface area contributed by atoms with Gasteiger partial charge in [0.15, 0.2) is 0 Å². The lowest BCUT2D eigenvalue weighted by atomic mass is 10.1. The maximum Gasteiger partial charge on any atom is 0.252 e. The molecule has 8 nitrogen and oxygen atoms in total. The third-order valence-corrected chi connectivity index (χ3v) is 9.48. The Morgan fingerprint density at radius 1 is 0.848 bits per heavy atom. The molecule has 236 valence electrons. The molecular formula is C37H37N3O5S. The third kappa shape index (κ3) is 8.45. The molecule has 1 atom stereocenters. The topological polar surface area (TPSA) is 123 Å². The van der Waals surface area contributed by atoms with E-state index < -0.39 is 21.8 Å². The number of amides is 1. The molecule has 0 spiro atoms. The molecule has 1 heterocycles. The van der Waals surface area contributed by atoms with Gasteiger partial charge in [-0.2, -0.15) is 0 Å². The molecule has 0 saturated carbocycles. The average Bonchev–Trinajstić information content (AvgIpc) is 3.07. The number of hydrogen-bond acceptors (Lipinski definition) is 7. The lowest BCUT2D eigenvalue weighted by molar-refractivity contribution is 0.0995. The number of carbonyl (C=O) groups is 1. The first-order valence-corrected chi connectivity index (χ1v) is 16.5. The number of aliphatic hydroxyl groups is 1. The Bertz CT molecular complexity index is 1850. The monoisotopic (exact) mass is 635 g/mol. The minimum absolute atomic E-state index is 0.00394. The van der Waals surface area contributed by atoms with Gasteiger partial charge in [0.05, 0.1) is 21.5 Å². The molecule has 0 bridgehead atoms. The van der Waals surface area contributed by atoms with Crippen molar-refractivity contribution in [1.82, 2.24) is 9.88 Å². The Labute approximate surface area is 270 Å². The van der Waals surface area contributed by atoms with Gasteiger partial charge in [-0.05, 0) is 66.4 Å². The average molecular weight is 636 g/mol. The number of nitrogens with two attached hydrogens (primary N) is 1. The maximum atomic E-state index is 13.5. The fraction of sp³-hybridized carbons (Fsp3) is 0.189. The lowest BCUT2D eigenvalue weighted by Crippen LogP contribution is -2.30. The van der Waals surface area contributed by atoms with Gasteiger partial charge in [0.2, 0.25) is 9.84 Å². The van der Waals surface area contributed by atoms with Crippen molar-refractivity contribution >= 4 is 15.7 Å². The van der Waals surface area contributed by atoms with Crippen molar-refractivity contribution in [3.05, 3.63) is 155 Å². The van der Waals surface area contributed by atoms with Gasteiger partial charge in [0.1, 0.15) is 12.4 Å². The zero-order valence-corrected chi connectivity index (χ0v) is 26.4. The van der Waals surface area contributed by atoms with Crippen molar-refractivity contribution in [2.45, 2.75) is 42.4 Å². The molecular weight excluding hydrogens is 598 g/mol. The first-order valence-electron chi connectivity index (χ1n) is 15.0. The summed E-state index contributed by atoms with van der Waals surface area (Å²) in [4.78, 5) is 18.8. The number of sulfone groups is 1. The first kappa shape index (κ1) is 32.6. The summed E-state index contributed by atoms with van der Waals surface area (Å²) in [6, 6.07) is 34.2. The number of rotatable bonds is 14. The number of hydrogen-bond donors (Lipinski definition) is 2. The van der Waals surface area contributed by atoms with Crippen LogP contribution in [-0.2, 0) is 29.4 Å². The number of ether oxygens (including phenoxy) is 1.